The summed E-state index contributed by atoms with van der Waals surface area (Å²) in [7, 11) is 1.66. The molecule has 0 aliphatic heterocycles. The van der Waals surface area contributed by atoms with Gasteiger partial charge >= 0.3 is 0 Å². The van der Waals surface area contributed by atoms with Crippen LogP contribution in [0.4, 0.5) is 0 Å². The van der Waals surface area contributed by atoms with Crippen LogP contribution in [0.5, 0.6) is 5.75 Å². The van der Waals surface area contributed by atoms with Crippen molar-refractivity contribution in [3.05, 3.63) is 35.4 Å². The largest absolute Gasteiger partial charge is 0.497 e. The molecule has 1 fully saturated rings. The van der Waals surface area contributed by atoms with Gasteiger partial charge in [-0.2, -0.15) is 0 Å². The number of hydrogen-bond donors (Lipinski definition) is 1. The van der Waals surface area contributed by atoms with Crippen LogP contribution in [0.3, 0.4) is 0 Å². The van der Waals surface area contributed by atoms with Crippen molar-refractivity contribution < 1.29 is 9.84 Å². The Morgan fingerprint density at radius 2 is 1.88 bits per heavy atom. The Hall–Kier alpha value is -1.28. The van der Waals surface area contributed by atoms with Gasteiger partial charge in [-0.05, 0) is 41.5 Å². The Morgan fingerprint density at radius 1 is 1.24 bits per heavy atom. The molecule has 0 amide bonds. The predicted molar refractivity (Wildman–Crippen MR) is 69.9 cm³/mol. The lowest BCUT2D eigenvalue weighted by Crippen LogP contribution is -2.14. The number of ether oxygens (including phenoxy) is 1. The topological polar surface area (TPSA) is 29.5 Å². The molecule has 0 aromatic heterocycles. The maximum atomic E-state index is 10.1. The van der Waals surface area contributed by atoms with Crippen LogP contribution in [0.25, 0.3) is 6.08 Å². The first-order valence-corrected chi connectivity index (χ1v) is 6.14. The molecule has 1 saturated carbocycles. The predicted octanol–water partition coefficient (Wildman–Crippen LogP) is 3.12. The molecule has 0 saturated heterocycles. The fraction of sp³-hybridized carbons (Fsp3) is 0.467. The average Bonchev–Trinajstić information content (AvgIpc) is 2.58. The Balaban J connectivity index is 2.18. The van der Waals surface area contributed by atoms with Crippen LogP contribution >= 0.6 is 0 Å². The van der Waals surface area contributed by atoms with Gasteiger partial charge in [0.25, 0.3) is 0 Å². The van der Waals surface area contributed by atoms with E-state index >= 15 is 0 Å². The number of benzene rings is 1. The molecule has 1 N–H and O–H groups in total. The molecule has 17 heavy (non-hydrogen) atoms. The standard InChI is InChI=1S/C15H20O2/c1-10-8-13(15(16)11(10)2)9-12-4-6-14(17-3)7-5-12/h4-7,9-11,15-16H,8H2,1-3H3/b13-9+/t10-,11?,15?/m0/s1. The van der Waals surface area contributed by atoms with E-state index in [-0.39, 0.29) is 6.10 Å². The highest BCUT2D eigenvalue weighted by molar-refractivity contribution is 5.55. The van der Waals surface area contributed by atoms with E-state index in [9.17, 15) is 5.11 Å². The van der Waals surface area contributed by atoms with Crippen molar-refractivity contribution in [1.29, 1.82) is 0 Å². The van der Waals surface area contributed by atoms with Crippen LogP contribution < -0.4 is 4.74 Å². The highest BCUT2D eigenvalue weighted by atomic mass is 16.5. The molecular formula is C15H20O2. The summed E-state index contributed by atoms with van der Waals surface area (Å²) in [4.78, 5) is 0. The summed E-state index contributed by atoms with van der Waals surface area (Å²) >= 11 is 0. The molecule has 1 aromatic rings. The molecule has 1 aromatic carbocycles. The van der Waals surface area contributed by atoms with Gasteiger partial charge in [0, 0.05) is 0 Å². The van der Waals surface area contributed by atoms with E-state index in [1.165, 1.54) is 0 Å². The second kappa shape index (κ2) is 4.92. The summed E-state index contributed by atoms with van der Waals surface area (Å²) in [6.07, 6.45) is 2.81. The van der Waals surface area contributed by atoms with Gasteiger partial charge in [0.15, 0.2) is 0 Å². The molecule has 0 radical (unpaired) electrons. The summed E-state index contributed by atoms with van der Waals surface area (Å²) in [5.74, 6) is 1.79. The van der Waals surface area contributed by atoms with Gasteiger partial charge in [-0.25, -0.2) is 0 Å². The van der Waals surface area contributed by atoms with Crippen LogP contribution in [0.15, 0.2) is 29.8 Å². The number of methoxy groups -OCH3 is 1. The zero-order valence-corrected chi connectivity index (χ0v) is 10.7. The quantitative estimate of drug-likeness (QED) is 0.849. The Kier molecular flexibility index (Phi) is 3.53. The first-order valence-electron chi connectivity index (χ1n) is 6.14. The van der Waals surface area contributed by atoms with E-state index < -0.39 is 0 Å². The molecule has 92 valence electrons. The van der Waals surface area contributed by atoms with Gasteiger partial charge in [0.05, 0.1) is 13.2 Å². The van der Waals surface area contributed by atoms with Crippen molar-refractivity contribution in [2.75, 3.05) is 7.11 Å². The third kappa shape index (κ3) is 2.52. The molecule has 3 atom stereocenters. The van der Waals surface area contributed by atoms with Gasteiger partial charge in [-0.15, -0.1) is 0 Å². The molecule has 2 unspecified atom stereocenters. The first kappa shape index (κ1) is 12.2. The minimum absolute atomic E-state index is 0.285. The summed E-state index contributed by atoms with van der Waals surface area (Å²) in [6.45, 7) is 4.31. The smallest absolute Gasteiger partial charge is 0.118 e. The summed E-state index contributed by atoms with van der Waals surface area (Å²) in [6, 6.07) is 7.93. The summed E-state index contributed by atoms with van der Waals surface area (Å²) in [5, 5.41) is 10.1. The molecule has 2 heteroatoms. The van der Waals surface area contributed by atoms with Gasteiger partial charge in [0.1, 0.15) is 5.75 Å². The first-order chi connectivity index (χ1) is 8.11. The number of aliphatic hydroxyl groups excluding tert-OH is 1. The van der Waals surface area contributed by atoms with Crippen LogP contribution in [0.1, 0.15) is 25.8 Å². The van der Waals surface area contributed by atoms with Crippen molar-refractivity contribution in [1.82, 2.24) is 0 Å². The van der Waals surface area contributed by atoms with Crippen LogP contribution in [0, 0.1) is 11.8 Å². The Morgan fingerprint density at radius 3 is 2.35 bits per heavy atom. The van der Waals surface area contributed by atoms with Crippen LogP contribution in [-0.2, 0) is 0 Å². The molecule has 0 heterocycles. The Bertz CT molecular complexity index is 405. The third-order valence-electron chi connectivity index (χ3n) is 3.80. The average molecular weight is 232 g/mol. The van der Waals surface area contributed by atoms with Crippen molar-refractivity contribution in [2.45, 2.75) is 26.4 Å². The van der Waals surface area contributed by atoms with E-state index in [0.29, 0.717) is 11.8 Å². The van der Waals surface area contributed by atoms with Crippen LogP contribution in [0.2, 0.25) is 0 Å². The summed E-state index contributed by atoms with van der Waals surface area (Å²) in [5.41, 5.74) is 2.27. The van der Waals surface area contributed by atoms with Gasteiger partial charge in [-0.3, -0.25) is 0 Å². The second-order valence-electron chi connectivity index (χ2n) is 4.98. The zero-order chi connectivity index (χ0) is 12.4. The fourth-order valence-corrected chi connectivity index (χ4v) is 2.39. The van der Waals surface area contributed by atoms with Crippen molar-refractivity contribution in [3.63, 3.8) is 0 Å². The molecule has 0 spiro atoms. The molecule has 2 rings (SSSR count). The highest BCUT2D eigenvalue weighted by Gasteiger charge is 2.32. The van der Waals surface area contributed by atoms with Crippen LogP contribution in [-0.4, -0.2) is 18.3 Å². The van der Waals surface area contributed by atoms with E-state index in [1.54, 1.807) is 7.11 Å². The molecule has 0 bridgehead atoms. The lowest BCUT2D eigenvalue weighted by Gasteiger charge is -2.11. The number of aliphatic hydroxyl groups is 1. The monoisotopic (exact) mass is 232 g/mol. The van der Waals surface area contributed by atoms with Crippen molar-refractivity contribution in [3.8, 4) is 5.75 Å². The highest BCUT2D eigenvalue weighted by Crippen LogP contribution is 2.36. The van der Waals surface area contributed by atoms with Gasteiger partial charge in [-0.1, -0.05) is 32.1 Å². The van der Waals surface area contributed by atoms with E-state index in [1.807, 2.05) is 24.3 Å². The minimum Gasteiger partial charge on any atom is -0.497 e. The SMILES string of the molecule is COc1ccc(/C=C2\C[C@H](C)C(C)C2O)cc1. The van der Waals surface area contributed by atoms with Gasteiger partial charge in [0.2, 0.25) is 0 Å². The summed E-state index contributed by atoms with van der Waals surface area (Å²) < 4.78 is 5.12. The van der Waals surface area contributed by atoms with Crippen molar-refractivity contribution in [2.24, 2.45) is 11.8 Å². The minimum atomic E-state index is -0.285. The van der Waals surface area contributed by atoms with E-state index in [2.05, 4.69) is 19.9 Å². The van der Waals surface area contributed by atoms with E-state index in [4.69, 9.17) is 4.74 Å². The number of hydrogen-bond acceptors (Lipinski definition) is 2. The molecule has 1 aliphatic carbocycles. The zero-order valence-electron chi connectivity index (χ0n) is 10.7. The second-order valence-corrected chi connectivity index (χ2v) is 4.98. The fourth-order valence-electron chi connectivity index (χ4n) is 2.39. The van der Waals surface area contributed by atoms with E-state index in [0.717, 1.165) is 23.3 Å². The van der Waals surface area contributed by atoms with Gasteiger partial charge < -0.3 is 9.84 Å². The lowest BCUT2D eigenvalue weighted by atomic mass is 9.99. The number of rotatable bonds is 2. The molecule has 2 nitrogen and oxygen atoms in total. The third-order valence-corrected chi connectivity index (χ3v) is 3.80. The maximum Gasteiger partial charge on any atom is 0.118 e. The normalized spacial score (nSPS) is 30.8. The Labute approximate surface area is 103 Å². The van der Waals surface area contributed by atoms with Crippen molar-refractivity contribution >= 4 is 6.08 Å². The molecule has 1 aliphatic rings. The maximum absolute atomic E-state index is 10.1. The molecular weight excluding hydrogens is 212 g/mol. The lowest BCUT2D eigenvalue weighted by molar-refractivity contribution is 0.156.